The van der Waals surface area contributed by atoms with Crippen LogP contribution in [0.2, 0.25) is 0 Å². The molecule has 0 aromatic heterocycles. The van der Waals surface area contributed by atoms with Gasteiger partial charge in [-0.3, -0.25) is 37.3 Å². The second-order valence-electron chi connectivity index (χ2n) is 27.3. The maximum atomic E-state index is 13.1. The Kier molecular flexibility index (Phi) is 74.8. The highest BCUT2D eigenvalue weighted by molar-refractivity contribution is 7.47. The topological polar surface area (TPSA) is 237 Å². The summed E-state index contributed by atoms with van der Waals surface area (Å²) in [5.74, 6) is -2.30. The van der Waals surface area contributed by atoms with Gasteiger partial charge in [0.25, 0.3) is 0 Å². The van der Waals surface area contributed by atoms with Crippen LogP contribution >= 0.6 is 15.6 Å². The normalized spacial score (nSPS) is 14.5. The molecule has 0 heterocycles. The van der Waals surface area contributed by atoms with Crippen molar-refractivity contribution in [3.8, 4) is 0 Å². The average molecular weight is 1530 g/mol. The SMILES string of the molecule is CC/C=C\C/C=C\C/C=C\C/C=C\C/C=C\CCCCCC(=O)O[C@H](COC(=O)CCCCCCCCCCCCCCC)COP(=O)(O)OCC(O)COP(=O)(O)OC[C@@H](COC(=O)CCCCCCCCC/C=C\CCCCCC)OC(=O)CC/C=C\C/C=C\C/C=C\C/C=C\C/C=C\CCCCC. The number of hydrogen-bond donors (Lipinski definition) is 3. The van der Waals surface area contributed by atoms with Gasteiger partial charge in [-0.1, -0.05) is 309 Å². The van der Waals surface area contributed by atoms with Crippen LogP contribution in [-0.4, -0.2) is 96.7 Å². The number of hydrogen-bond acceptors (Lipinski definition) is 15. The van der Waals surface area contributed by atoms with Gasteiger partial charge in [0.2, 0.25) is 0 Å². The second-order valence-corrected chi connectivity index (χ2v) is 30.2. The van der Waals surface area contributed by atoms with Gasteiger partial charge in [-0.25, -0.2) is 9.13 Å². The number of carbonyl (C=O) groups is 4. The molecule has 5 atom stereocenters. The summed E-state index contributed by atoms with van der Waals surface area (Å²) in [4.78, 5) is 73.1. The molecule has 0 aliphatic carbocycles. The van der Waals surface area contributed by atoms with Crippen molar-refractivity contribution in [2.24, 2.45) is 0 Å². The van der Waals surface area contributed by atoms with E-state index in [-0.39, 0.29) is 25.7 Å². The quantitative estimate of drug-likeness (QED) is 0.0169. The van der Waals surface area contributed by atoms with E-state index in [0.717, 1.165) is 141 Å². The average Bonchev–Trinajstić information content (AvgIpc) is 0.937. The van der Waals surface area contributed by atoms with Crippen LogP contribution in [0.1, 0.15) is 336 Å². The van der Waals surface area contributed by atoms with Crippen LogP contribution in [0.25, 0.3) is 0 Å². The third kappa shape index (κ3) is 77.4. The monoisotopic (exact) mass is 1530 g/mol. The van der Waals surface area contributed by atoms with Gasteiger partial charge in [0.1, 0.15) is 19.3 Å². The molecule has 0 aromatic carbocycles. The van der Waals surface area contributed by atoms with E-state index in [9.17, 15) is 43.2 Å². The van der Waals surface area contributed by atoms with E-state index < -0.39 is 97.5 Å². The zero-order valence-electron chi connectivity index (χ0n) is 66.6. The molecule has 0 fully saturated rings. The van der Waals surface area contributed by atoms with Gasteiger partial charge in [-0.2, -0.15) is 0 Å². The lowest BCUT2D eigenvalue weighted by atomic mass is 10.0. The molecule has 106 heavy (non-hydrogen) atoms. The largest absolute Gasteiger partial charge is 0.472 e. The maximum absolute atomic E-state index is 13.1. The zero-order valence-corrected chi connectivity index (χ0v) is 68.4. The molecule has 0 aliphatic heterocycles. The molecule has 19 heteroatoms. The van der Waals surface area contributed by atoms with Crippen LogP contribution in [0.5, 0.6) is 0 Å². The number of ether oxygens (including phenoxy) is 4. The first-order valence-corrected chi connectivity index (χ1v) is 44.4. The smallest absolute Gasteiger partial charge is 0.462 e. The number of aliphatic hydroxyl groups excluding tert-OH is 1. The number of esters is 4. The Morgan fingerprint density at radius 2 is 0.509 bits per heavy atom. The van der Waals surface area contributed by atoms with Crippen molar-refractivity contribution in [2.45, 2.75) is 354 Å². The first-order chi connectivity index (χ1) is 51.7. The molecule has 3 unspecified atom stereocenters. The van der Waals surface area contributed by atoms with Crippen molar-refractivity contribution in [1.82, 2.24) is 0 Å². The number of carbonyl (C=O) groups excluding carboxylic acids is 4. The summed E-state index contributed by atoms with van der Waals surface area (Å²) in [6, 6.07) is 0. The van der Waals surface area contributed by atoms with Gasteiger partial charge < -0.3 is 33.8 Å². The van der Waals surface area contributed by atoms with Crippen LogP contribution in [0.4, 0.5) is 0 Å². The fourth-order valence-corrected chi connectivity index (χ4v) is 12.4. The number of allylic oxidation sites excluding steroid dienone is 22. The summed E-state index contributed by atoms with van der Waals surface area (Å²) >= 11 is 0. The van der Waals surface area contributed by atoms with Crippen LogP contribution in [0, 0.1) is 0 Å². The fraction of sp³-hybridized carbons (Fsp3) is 0.701. The van der Waals surface area contributed by atoms with Crippen LogP contribution < -0.4 is 0 Å². The molecule has 0 spiro atoms. The number of phosphoric ester groups is 2. The number of unbranched alkanes of at least 4 members (excludes halogenated alkanes) is 29. The fourth-order valence-electron chi connectivity index (χ4n) is 10.8. The van der Waals surface area contributed by atoms with E-state index in [2.05, 4.69) is 143 Å². The Hall–Kier alpha value is -4.80. The summed E-state index contributed by atoms with van der Waals surface area (Å²) in [6.45, 7) is 4.62. The standard InChI is InChI=1S/C87H148O17P2/c1-5-9-13-17-21-25-29-33-36-38-40-42-45-49-53-57-61-65-69-73-86(91)103-82(77-97-84(89)71-67-63-59-55-51-47-32-28-24-20-16-12-8-4)79-101-105(93,94)99-75-81(88)76-100-106(95,96)102-80-83(78-98-85(90)72-68-64-60-56-52-48-44-35-31-27-23-19-15-11-7-3)104-87(92)74-70-66-62-58-54-50-46-43-41-39-37-34-30-26-22-18-14-10-6-2/h9,13,21-22,25-27,31,33-34,36-37,40-43,49-50,53-54,62,66,81-83,88H,5-8,10-12,14-20,23-24,28-30,32,35,38-39,44-48,51-52,55-61,63-65,67-80H2,1-4H3,(H,93,94)(H,95,96)/b13-9-,25-21-,26-22-,31-27-,36-33-,37-34-,42-40-,43-41-,53-49-,54-50-,66-62-/t81?,82-,83-/m1/s1. The van der Waals surface area contributed by atoms with Gasteiger partial charge in [0.15, 0.2) is 12.2 Å². The molecule has 0 saturated heterocycles. The minimum atomic E-state index is -5.00. The summed E-state index contributed by atoms with van der Waals surface area (Å²) in [7, 11) is -10.00. The molecule has 0 radical (unpaired) electrons. The molecule has 0 amide bonds. The lowest BCUT2D eigenvalue weighted by Gasteiger charge is -2.21. The Morgan fingerprint density at radius 3 is 0.858 bits per heavy atom. The minimum absolute atomic E-state index is 0.0317. The molecule has 0 aromatic rings. The van der Waals surface area contributed by atoms with E-state index in [1.807, 2.05) is 18.2 Å². The van der Waals surface area contributed by atoms with Gasteiger partial charge in [-0.05, 0) is 135 Å². The minimum Gasteiger partial charge on any atom is -0.462 e. The van der Waals surface area contributed by atoms with Crippen molar-refractivity contribution in [3.05, 3.63) is 134 Å². The molecular weight excluding hydrogens is 1380 g/mol. The van der Waals surface area contributed by atoms with Crippen LogP contribution in [0.15, 0.2) is 134 Å². The highest BCUT2D eigenvalue weighted by atomic mass is 31.2. The van der Waals surface area contributed by atoms with E-state index >= 15 is 0 Å². The van der Waals surface area contributed by atoms with Crippen molar-refractivity contribution in [2.75, 3.05) is 39.6 Å². The van der Waals surface area contributed by atoms with Crippen molar-refractivity contribution in [3.63, 3.8) is 0 Å². The second kappa shape index (κ2) is 78.3. The third-order valence-electron chi connectivity index (χ3n) is 17.1. The molecule has 0 rings (SSSR count). The summed E-state index contributed by atoms with van der Waals surface area (Å²) in [5, 5.41) is 10.7. The first kappa shape index (κ1) is 101. The Bertz CT molecular complexity index is 2530. The van der Waals surface area contributed by atoms with Gasteiger partial charge in [0, 0.05) is 25.7 Å². The van der Waals surface area contributed by atoms with E-state index in [1.165, 1.54) is 109 Å². The molecule has 3 N–H and O–H groups in total. The van der Waals surface area contributed by atoms with Gasteiger partial charge in [0.05, 0.1) is 26.4 Å². The summed E-state index contributed by atoms with van der Waals surface area (Å²) < 4.78 is 68.6. The third-order valence-corrected chi connectivity index (χ3v) is 19.0. The molecule has 0 aliphatic rings. The van der Waals surface area contributed by atoms with Crippen LogP contribution in [-0.2, 0) is 65.4 Å². The predicted molar refractivity (Wildman–Crippen MR) is 436 cm³/mol. The van der Waals surface area contributed by atoms with Gasteiger partial charge in [-0.15, -0.1) is 0 Å². The Balaban J connectivity index is 5.47. The van der Waals surface area contributed by atoms with Crippen molar-refractivity contribution >= 4 is 39.5 Å². The van der Waals surface area contributed by atoms with Crippen molar-refractivity contribution < 1.29 is 80.2 Å². The summed E-state index contributed by atoms with van der Waals surface area (Å²) in [6.07, 6.45) is 88.6. The van der Waals surface area contributed by atoms with Crippen LogP contribution in [0.3, 0.4) is 0 Å². The molecule has 608 valence electrons. The number of rotatable bonds is 77. The first-order valence-electron chi connectivity index (χ1n) is 41.4. The highest BCUT2D eigenvalue weighted by Crippen LogP contribution is 2.45. The maximum Gasteiger partial charge on any atom is 0.472 e. The lowest BCUT2D eigenvalue weighted by Crippen LogP contribution is -2.30. The Labute approximate surface area is 644 Å². The van der Waals surface area contributed by atoms with E-state index in [1.54, 1.807) is 0 Å². The highest BCUT2D eigenvalue weighted by Gasteiger charge is 2.30. The summed E-state index contributed by atoms with van der Waals surface area (Å²) in [5.41, 5.74) is 0. The van der Waals surface area contributed by atoms with E-state index in [4.69, 9.17) is 37.0 Å². The molecule has 17 nitrogen and oxygen atoms in total. The number of phosphoric acid groups is 2. The van der Waals surface area contributed by atoms with Gasteiger partial charge >= 0.3 is 39.5 Å². The Morgan fingerprint density at radius 1 is 0.274 bits per heavy atom. The molecular formula is C87H148O17P2. The molecule has 0 saturated carbocycles. The lowest BCUT2D eigenvalue weighted by molar-refractivity contribution is -0.161. The predicted octanol–water partition coefficient (Wildman–Crippen LogP) is 24.4. The zero-order chi connectivity index (χ0) is 77.4. The van der Waals surface area contributed by atoms with E-state index in [0.29, 0.717) is 32.1 Å². The van der Waals surface area contributed by atoms with Crippen molar-refractivity contribution in [1.29, 1.82) is 0 Å². The molecule has 0 bridgehead atoms. The number of aliphatic hydroxyl groups is 1.